The molecule has 1 aliphatic heterocycles. The number of rotatable bonds is 5. The van der Waals surface area contributed by atoms with Crippen molar-refractivity contribution < 1.29 is 9.53 Å². The number of nitrogens with zero attached hydrogens (tertiary/aromatic N) is 2. The monoisotopic (exact) mass is 226 g/mol. The number of carbonyl (C=O) groups excluding carboxylic acids is 1. The molecule has 0 aromatic rings. The van der Waals surface area contributed by atoms with Crippen molar-refractivity contribution in [3.63, 3.8) is 0 Å². The van der Waals surface area contributed by atoms with Gasteiger partial charge in [-0.05, 0) is 27.4 Å². The molecule has 0 spiro atoms. The Bertz CT molecular complexity index is 256. The zero-order valence-electron chi connectivity index (χ0n) is 10.5. The van der Waals surface area contributed by atoms with Gasteiger partial charge < -0.3 is 9.64 Å². The Morgan fingerprint density at radius 2 is 1.88 bits per heavy atom. The lowest BCUT2D eigenvalue weighted by Gasteiger charge is -2.36. The zero-order valence-corrected chi connectivity index (χ0v) is 10.5. The fourth-order valence-electron chi connectivity index (χ4n) is 1.82. The molecule has 0 unspecified atom stereocenters. The minimum absolute atomic E-state index is 0.169. The highest BCUT2D eigenvalue weighted by Gasteiger charge is 2.19. The predicted molar refractivity (Wildman–Crippen MR) is 64.1 cm³/mol. The summed E-state index contributed by atoms with van der Waals surface area (Å²) in [6.07, 6.45) is 0.169. The molecule has 0 bridgehead atoms. The highest BCUT2D eigenvalue weighted by molar-refractivity contribution is 5.77. The molecule has 1 saturated heterocycles. The van der Waals surface area contributed by atoms with E-state index in [1.54, 1.807) is 6.92 Å². The van der Waals surface area contributed by atoms with Gasteiger partial charge in [-0.25, -0.2) is 0 Å². The van der Waals surface area contributed by atoms with Crippen molar-refractivity contribution in [3.05, 3.63) is 12.5 Å². The number of carbonyl (C=O) groups is 1. The van der Waals surface area contributed by atoms with Gasteiger partial charge in [0.05, 0.1) is 12.6 Å². The van der Waals surface area contributed by atoms with Crippen LogP contribution in [0, 0.1) is 0 Å². The molecule has 0 amide bonds. The zero-order chi connectivity index (χ0) is 12.1. The summed E-state index contributed by atoms with van der Waals surface area (Å²) >= 11 is 0. The molecule has 0 aromatic carbocycles. The van der Waals surface area contributed by atoms with E-state index in [1.165, 1.54) is 0 Å². The first-order valence-corrected chi connectivity index (χ1v) is 5.81. The van der Waals surface area contributed by atoms with Crippen LogP contribution >= 0.6 is 0 Å². The van der Waals surface area contributed by atoms with Crippen LogP contribution in [0.3, 0.4) is 0 Å². The Balaban J connectivity index is 2.31. The van der Waals surface area contributed by atoms with Crippen LogP contribution in [0.1, 0.15) is 20.8 Å². The second-order valence-electron chi connectivity index (χ2n) is 4.53. The minimum Gasteiger partial charge on any atom is -0.477 e. The average Bonchev–Trinajstić information content (AvgIpc) is 2.16. The largest absolute Gasteiger partial charge is 0.477 e. The summed E-state index contributed by atoms with van der Waals surface area (Å²) in [7, 11) is 0. The summed E-state index contributed by atoms with van der Waals surface area (Å²) in [5, 5.41) is 0. The minimum atomic E-state index is 0.169. The third-order valence-electron chi connectivity index (χ3n) is 2.54. The molecule has 1 heterocycles. The molecule has 0 N–H and O–H groups in total. The van der Waals surface area contributed by atoms with Gasteiger partial charge >= 0.3 is 0 Å². The lowest BCUT2D eigenvalue weighted by atomic mass is 10.3. The number of hydrogen-bond acceptors (Lipinski definition) is 4. The summed E-state index contributed by atoms with van der Waals surface area (Å²) in [5.74, 6) is 0.975. The van der Waals surface area contributed by atoms with Crippen molar-refractivity contribution in [3.8, 4) is 0 Å². The van der Waals surface area contributed by atoms with E-state index in [0.717, 1.165) is 32.1 Å². The van der Waals surface area contributed by atoms with Gasteiger partial charge in [0.25, 0.3) is 0 Å². The van der Waals surface area contributed by atoms with Crippen molar-refractivity contribution in [1.29, 1.82) is 0 Å². The van der Waals surface area contributed by atoms with E-state index >= 15 is 0 Å². The van der Waals surface area contributed by atoms with Gasteiger partial charge in [-0.1, -0.05) is 0 Å². The Morgan fingerprint density at radius 3 is 2.31 bits per heavy atom. The van der Waals surface area contributed by atoms with E-state index in [9.17, 15) is 4.79 Å². The molecule has 4 nitrogen and oxygen atoms in total. The van der Waals surface area contributed by atoms with Crippen molar-refractivity contribution in [2.45, 2.75) is 26.9 Å². The van der Waals surface area contributed by atoms with E-state index in [4.69, 9.17) is 4.74 Å². The molecule has 0 saturated carbocycles. The quantitative estimate of drug-likeness (QED) is 0.657. The highest BCUT2D eigenvalue weighted by Crippen LogP contribution is 2.10. The highest BCUT2D eigenvalue weighted by atomic mass is 16.5. The van der Waals surface area contributed by atoms with Gasteiger partial charge in [0.15, 0.2) is 5.88 Å². The normalized spacial score (nSPS) is 17.6. The van der Waals surface area contributed by atoms with Crippen molar-refractivity contribution in [2.75, 3.05) is 32.7 Å². The first kappa shape index (κ1) is 13.0. The Labute approximate surface area is 97.9 Å². The van der Waals surface area contributed by atoms with Crippen molar-refractivity contribution in [2.24, 2.45) is 0 Å². The molecule has 1 aliphatic rings. The smallest absolute Gasteiger partial charge is 0.182 e. The Hall–Kier alpha value is -1.03. The van der Waals surface area contributed by atoms with Crippen LogP contribution in [0.2, 0.25) is 0 Å². The molecule has 92 valence electrons. The van der Waals surface area contributed by atoms with E-state index in [2.05, 4.69) is 16.4 Å². The molecular weight excluding hydrogens is 204 g/mol. The molecule has 0 radical (unpaired) electrons. The van der Waals surface area contributed by atoms with Gasteiger partial charge in [-0.15, -0.1) is 0 Å². The van der Waals surface area contributed by atoms with Gasteiger partial charge in [0.2, 0.25) is 0 Å². The molecule has 4 heteroatoms. The van der Waals surface area contributed by atoms with E-state index < -0.39 is 0 Å². The van der Waals surface area contributed by atoms with Crippen LogP contribution in [0.25, 0.3) is 0 Å². The van der Waals surface area contributed by atoms with Crippen molar-refractivity contribution in [1.82, 2.24) is 9.80 Å². The SMILES string of the molecule is C=C(OC(C)C)N1CCN(CC(C)=O)CC1. The summed E-state index contributed by atoms with van der Waals surface area (Å²) in [6, 6.07) is 0. The Kier molecular flexibility index (Phi) is 4.80. The standard InChI is InChI=1S/C12H22N2O2/c1-10(2)16-12(4)14-7-5-13(6-8-14)9-11(3)15/h10H,4-9H2,1-3H3. The van der Waals surface area contributed by atoms with Gasteiger partial charge in [-0.2, -0.15) is 0 Å². The summed E-state index contributed by atoms with van der Waals surface area (Å²) < 4.78 is 5.55. The summed E-state index contributed by atoms with van der Waals surface area (Å²) in [4.78, 5) is 15.3. The van der Waals surface area contributed by atoms with E-state index in [1.807, 2.05) is 13.8 Å². The van der Waals surface area contributed by atoms with Gasteiger partial charge in [0, 0.05) is 26.2 Å². The third kappa shape index (κ3) is 4.23. The first-order valence-electron chi connectivity index (χ1n) is 5.81. The van der Waals surface area contributed by atoms with Crippen LogP contribution in [-0.4, -0.2) is 54.4 Å². The summed E-state index contributed by atoms with van der Waals surface area (Å²) in [6.45, 7) is 13.7. The second-order valence-corrected chi connectivity index (χ2v) is 4.53. The van der Waals surface area contributed by atoms with Gasteiger partial charge in [-0.3, -0.25) is 9.69 Å². The number of ketones is 1. The predicted octanol–water partition coefficient (Wildman–Crippen LogP) is 1.09. The first-order chi connectivity index (χ1) is 7.49. The van der Waals surface area contributed by atoms with Crippen LogP contribution in [0.5, 0.6) is 0 Å². The fraction of sp³-hybridized carbons (Fsp3) is 0.750. The molecule has 0 atom stereocenters. The van der Waals surface area contributed by atoms with Crippen LogP contribution in [0.4, 0.5) is 0 Å². The molecule has 1 fully saturated rings. The maximum Gasteiger partial charge on any atom is 0.182 e. The van der Waals surface area contributed by atoms with Crippen LogP contribution in [0.15, 0.2) is 12.5 Å². The van der Waals surface area contributed by atoms with E-state index in [0.29, 0.717) is 6.54 Å². The van der Waals surface area contributed by atoms with Gasteiger partial charge in [0.1, 0.15) is 5.78 Å². The fourth-order valence-corrected chi connectivity index (χ4v) is 1.82. The van der Waals surface area contributed by atoms with Crippen LogP contribution < -0.4 is 0 Å². The molecule has 0 aliphatic carbocycles. The topological polar surface area (TPSA) is 32.8 Å². The third-order valence-corrected chi connectivity index (χ3v) is 2.54. The number of Topliss-reactive ketones (excluding diaryl/α,β-unsaturated/α-hetero) is 1. The maximum absolute atomic E-state index is 11.0. The Morgan fingerprint density at radius 1 is 1.31 bits per heavy atom. The number of hydrogen-bond donors (Lipinski definition) is 0. The average molecular weight is 226 g/mol. The number of piperazine rings is 1. The second kappa shape index (κ2) is 5.89. The maximum atomic E-state index is 11.0. The lowest BCUT2D eigenvalue weighted by molar-refractivity contribution is -0.118. The lowest BCUT2D eigenvalue weighted by Crippen LogP contribution is -2.47. The summed E-state index contributed by atoms with van der Waals surface area (Å²) in [5.41, 5.74) is 0. The molecule has 0 aromatic heterocycles. The molecule has 16 heavy (non-hydrogen) atoms. The molecule has 1 rings (SSSR count). The van der Waals surface area contributed by atoms with Crippen LogP contribution in [-0.2, 0) is 9.53 Å². The molecular formula is C12H22N2O2. The number of ether oxygens (including phenoxy) is 1. The van der Waals surface area contributed by atoms with Crippen molar-refractivity contribution >= 4 is 5.78 Å². The van der Waals surface area contributed by atoms with E-state index in [-0.39, 0.29) is 11.9 Å².